The number of fused-ring (bicyclic) bond motifs is 2. The van der Waals surface area contributed by atoms with Crippen molar-refractivity contribution >= 4 is 39.3 Å². The average Bonchev–Trinajstić information content (AvgIpc) is 3.53. The molecule has 2 fully saturated rings. The molecule has 4 rings (SSSR count). The second-order valence-corrected chi connectivity index (χ2v) is 11.6. The summed E-state index contributed by atoms with van der Waals surface area (Å²) in [6.07, 6.45) is -2.81. The topological polar surface area (TPSA) is 115 Å². The summed E-state index contributed by atoms with van der Waals surface area (Å²) < 4.78 is 40.0. The maximum atomic E-state index is 13.6. The van der Waals surface area contributed by atoms with Crippen molar-refractivity contribution in [3.05, 3.63) is 29.3 Å². The maximum Gasteiger partial charge on any atom is 0.471 e. The van der Waals surface area contributed by atoms with Crippen LogP contribution in [-0.2, 0) is 14.4 Å². The van der Waals surface area contributed by atoms with Gasteiger partial charge in [0.1, 0.15) is 18.1 Å². The van der Waals surface area contributed by atoms with Gasteiger partial charge in [-0.2, -0.15) is 18.4 Å². The van der Waals surface area contributed by atoms with E-state index in [1.807, 2.05) is 11.4 Å². The molecule has 2 aromatic rings. The first kappa shape index (κ1) is 26.9. The van der Waals surface area contributed by atoms with E-state index in [4.69, 9.17) is 0 Å². The van der Waals surface area contributed by atoms with Crippen molar-refractivity contribution in [3.8, 4) is 6.07 Å². The van der Waals surface area contributed by atoms with E-state index in [9.17, 15) is 32.8 Å². The third kappa shape index (κ3) is 5.42. The minimum Gasteiger partial charge on any atom is -0.336 e. The van der Waals surface area contributed by atoms with E-state index in [0.29, 0.717) is 17.5 Å². The third-order valence-corrected chi connectivity index (χ3v) is 8.00. The van der Waals surface area contributed by atoms with Gasteiger partial charge in [0.2, 0.25) is 11.8 Å². The number of amides is 3. The Morgan fingerprint density at radius 1 is 1.19 bits per heavy atom. The van der Waals surface area contributed by atoms with Crippen LogP contribution in [0.4, 0.5) is 13.2 Å². The fourth-order valence-electron chi connectivity index (χ4n) is 5.37. The largest absolute Gasteiger partial charge is 0.471 e. The van der Waals surface area contributed by atoms with E-state index in [1.165, 1.54) is 16.2 Å². The van der Waals surface area contributed by atoms with E-state index in [1.54, 1.807) is 38.4 Å². The van der Waals surface area contributed by atoms with Gasteiger partial charge in [-0.3, -0.25) is 14.4 Å². The molecule has 198 valence electrons. The molecule has 0 radical (unpaired) electrons. The van der Waals surface area contributed by atoms with Gasteiger partial charge in [-0.15, -0.1) is 11.3 Å². The molecule has 37 heavy (non-hydrogen) atoms. The van der Waals surface area contributed by atoms with Gasteiger partial charge in [0, 0.05) is 6.54 Å². The van der Waals surface area contributed by atoms with Crippen LogP contribution in [0.25, 0.3) is 10.2 Å². The normalized spacial score (nSPS) is 23.3. The highest BCUT2D eigenvalue weighted by Crippen LogP contribution is 2.43. The third-order valence-electron chi connectivity index (χ3n) is 7.19. The Kier molecular flexibility index (Phi) is 7.21. The van der Waals surface area contributed by atoms with Crippen molar-refractivity contribution in [2.45, 2.75) is 64.3 Å². The van der Waals surface area contributed by atoms with Crippen LogP contribution in [0.15, 0.2) is 23.7 Å². The first-order chi connectivity index (χ1) is 17.3. The number of hydrogen-bond donors (Lipinski definition) is 2. The Balaban J connectivity index is 1.60. The summed E-state index contributed by atoms with van der Waals surface area (Å²) in [6.45, 7) is 4.87. The van der Waals surface area contributed by atoms with Gasteiger partial charge in [0.05, 0.1) is 21.8 Å². The Morgan fingerprint density at radius 2 is 1.92 bits per heavy atom. The first-order valence-corrected chi connectivity index (χ1v) is 12.9. The van der Waals surface area contributed by atoms with Gasteiger partial charge in [-0.25, -0.2) is 4.98 Å². The van der Waals surface area contributed by atoms with Crippen molar-refractivity contribution in [1.29, 1.82) is 5.26 Å². The number of thiazole rings is 1. The lowest BCUT2D eigenvalue weighted by atomic mass is 9.85. The molecule has 2 heterocycles. The molecule has 2 aliphatic rings. The zero-order valence-corrected chi connectivity index (χ0v) is 21.4. The Morgan fingerprint density at radius 3 is 2.57 bits per heavy atom. The van der Waals surface area contributed by atoms with Crippen molar-refractivity contribution in [2.75, 3.05) is 6.54 Å². The van der Waals surface area contributed by atoms with Crippen LogP contribution in [0, 0.1) is 28.6 Å². The van der Waals surface area contributed by atoms with Crippen LogP contribution >= 0.6 is 11.3 Å². The summed E-state index contributed by atoms with van der Waals surface area (Å²) in [4.78, 5) is 44.5. The number of carbonyl (C=O) groups is 3. The van der Waals surface area contributed by atoms with Crippen molar-refractivity contribution in [1.82, 2.24) is 20.5 Å². The molecule has 2 N–H and O–H groups in total. The predicted molar refractivity (Wildman–Crippen MR) is 130 cm³/mol. The molecule has 1 aliphatic carbocycles. The standard InChI is InChI=1S/C25H28F3N5O3S/c1-24(2,3)20(32-23(36)25(26,27)28)22(35)33-11-14-5-4-6-15(14)19(33)21(34)31-17(10-29)13-7-8-18-16(9-13)30-12-37-18/h7-9,12,14-15,17,19-20H,4-6,11H2,1-3H3,(H,31,34)(H,32,36)/t14-,15-,17?,19-,20?/m0/s1. The molecule has 8 nitrogen and oxygen atoms in total. The monoisotopic (exact) mass is 535 g/mol. The van der Waals surface area contributed by atoms with Gasteiger partial charge >= 0.3 is 12.1 Å². The van der Waals surface area contributed by atoms with Gasteiger partial charge in [-0.1, -0.05) is 33.3 Å². The summed E-state index contributed by atoms with van der Waals surface area (Å²) in [5.74, 6) is -3.64. The van der Waals surface area contributed by atoms with E-state index >= 15 is 0 Å². The van der Waals surface area contributed by atoms with Gasteiger partial charge in [-0.05, 0) is 47.8 Å². The van der Waals surface area contributed by atoms with Crippen LogP contribution in [0.5, 0.6) is 0 Å². The second kappa shape index (κ2) is 9.93. The molecule has 5 atom stereocenters. The average molecular weight is 536 g/mol. The summed E-state index contributed by atoms with van der Waals surface area (Å²) in [6, 6.07) is 3.90. The lowest BCUT2D eigenvalue weighted by Gasteiger charge is -2.36. The number of hydrogen-bond acceptors (Lipinski definition) is 6. The van der Waals surface area contributed by atoms with Gasteiger partial charge in [0.15, 0.2) is 0 Å². The number of nitriles is 1. The molecule has 1 aliphatic heterocycles. The Hall–Kier alpha value is -3.20. The number of rotatable bonds is 5. The van der Waals surface area contributed by atoms with Crippen LogP contribution in [-0.4, -0.2) is 52.4 Å². The van der Waals surface area contributed by atoms with Crippen LogP contribution in [0.3, 0.4) is 0 Å². The molecule has 0 bridgehead atoms. The highest BCUT2D eigenvalue weighted by molar-refractivity contribution is 7.16. The van der Waals surface area contributed by atoms with Gasteiger partial charge < -0.3 is 15.5 Å². The van der Waals surface area contributed by atoms with Crippen LogP contribution in [0.1, 0.15) is 51.6 Å². The minimum atomic E-state index is -5.15. The molecule has 0 spiro atoms. The molecular weight excluding hydrogens is 507 g/mol. The first-order valence-electron chi connectivity index (χ1n) is 12.0. The van der Waals surface area contributed by atoms with Crippen molar-refractivity contribution in [3.63, 3.8) is 0 Å². The zero-order chi connectivity index (χ0) is 27.1. The number of carbonyl (C=O) groups excluding carboxylic acids is 3. The van der Waals surface area contributed by atoms with E-state index in [-0.39, 0.29) is 18.4 Å². The molecular formula is C25H28F3N5O3S. The van der Waals surface area contributed by atoms with E-state index < -0.39 is 47.4 Å². The molecule has 1 aromatic carbocycles. The molecule has 1 saturated carbocycles. The van der Waals surface area contributed by atoms with E-state index in [2.05, 4.69) is 16.4 Å². The fraction of sp³-hybridized carbons (Fsp3) is 0.560. The quantitative estimate of drug-likeness (QED) is 0.606. The van der Waals surface area contributed by atoms with Crippen LogP contribution < -0.4 is 10.6 Å². The van der Waals surface area contributed by atoms with Gasteiger partial charge in [0.25, 0.3) is 0 Å². The minimum absolute atomic E-state index is 0.0190. The summed E-state index contributed by atoms with van der Waals surface area (Å²) in [7, 11) is 0. The Labute approximate surface area is 216 Å². The molecule has 1 saturated heterocycles. The number of aromatic nitrogens is 1. The molecule has 3 amide bonds. The van der Waals surface area contributed by atoms with Crippen molar-refractivity contribution < 1.29 is 27.6 Å². The predicted octanol–water partition coefficient (Wildman–Crippen LogP) is 3.70. The number of nitrogens with one attached hydrogen (secondary N) is 2. The Bertz CT molecular complexity index is 1250. The molecule has 12 heteroatoms. The second-order valence-electron chi connectivity index (χ2n) is 10.7. The highest BCUT2D eigenvalue weighted by Gasteiger charge is 2.53. The lowest BCUT2D eigenvalue weighted by Crippen LogP contribution is -2.60. The van der Waals surface area contributed by atoms with E-state index in [0.717, 1.165) is 17.5 Å². The number of benzene rings is 1. The number of nitrogens with zero attached hydrogens (tertiary/aromatic N) is 3. The highest BCUT2D eigenvalue weighted by atomic mass is 32.1. The maximum absolute atomic E-state index is 13.6. The summed E-state index contributed by atoms with van der Waals surface area (Å²) in [5, 5.41) is 14.4. The summed E-state index contributed by atoms with van der Waals surface area (Å²) >= 11 is 1.45. The van der Waals surface area contributed by atoms with Crippen LogP contribution in [0.2, 0.25) is 0 Å². The fourth-order valence-corrected chi connectivity index (χ4v) is 6.03. The zero-order valence-electron chi connectivity index (χ0n) is 20.6. The number of likely N-dealkylation sites (tertiary alicyclic amines) is 1. The number of alkyl halides is 3. The number of halogens is 3. The lowest BCUT2D eigenvalue weighted by molar-refractivity contribution is -0.176. The summed E-state index contributed by atoms with van der Waals surface area (Å²) in [5.41, 5.74) is 1.87. The molecule has 2 unspecified atom stereocenters. The van der Waals surface area contributed by atoms with Crippen molar-refractivity contribution in [2.24, 2.45) is 17.3 Å². The SMILES string of the molecule is CC(C)(C)C(NC(=O)C(F)(F)F)C(=O)N1C[C@@H]2CCC[C@@H]2[C@H]1C(=O)NC(C#N)c1ccc2scnc2c1. The molecule has 1 aromatic heterocycles. The smallest absolute Gasteiger partial charge is 0.336 e.